The molecule has 0 atom stereocenters. The highest BCUT2D eigenvalue weighted by atomic mass is 79.9. The molecule has 0 saturated carbocycles. The second-order valence-electron chi connectivity index (χ2n) is 4.46. The number of amides is 1. The number of carbonyl (C=O) groups is 1. The van der Waals surface area contributed by atoms with Gasteiger partial charge in [-0.2, -0.15) is 0 Å². The van der Waals surface area contributed by atoms with Crippen molar-refractivity contribution in [2.24, 2.45) is 0 Å². The number of nitrogens with one attached hydrogen (secondary N) is 1. The summed E-state index contributed by atoms with van der Waals surface area (Å²) in [5.41, 5.74) is 0.266. The molecule has 2 aromatic rings. The van der Waals surface area contributed by atoms with Crippen molar-refractivity contribution in [3.8, 4) is 17.2 Å². The van der Waals surface area contributed by atoms with Gasteiger partial charge in [0.05, 0.1) is 32.6 Å². The summed E-state index contributed by atoms with van der Waals surface area (Å²) >= 11 is 3.16. The van der Waals surface area contributed by atoms with Crippen LogP contribution in [0.25, 0.3) is 0 Å². The molecule has 0 unspecified atom stereocenters. The van der Waals surface area contributed by atoms with Crippen LogP contribution in [0.3, 0.4) is 0 Å². The number of anilines is 1. The molecule has 2 aromatic carbocycles. The number of rotatable bonds is 5. The minimum absolute atomic E-state index is 0.0648. The number of carbonyl (C=O) groups excluding carboxylic acids is 1. The minimum Gasteiger partial charge on any atom is -0.493 e. The van der Waals surface area contributed by atoms with Crippen molar-refractivity contribution in [2.75, 3.05) is 26.6 Å². The van der Waals surface area contributed by atoms with Crippen LogP contribution < -0.4 is 19.5 Å². The van der Waals surface area contributed by atoms with Gasteiger partial charge in [-0.15, -0.1) is 0 Å². The lowest BCUT2D eigenvalue weighted by molar-refractivity contribution is 0.102. The fraction of sp³-hybridized carbons (Fsp3) is 0.188. The van der Waals surface area contributed by atoms with Gasteiger partial charge < -0.3 is 19.5 Å². The van der Waals surface area contributed by atoms with Gasteiger partial charge in [-0.25, -0.2) is 4.39 Å². The van der Waals surface area contributed by atoms with Crippen LogP contribution in [0.2, 0.25) is 0 Å². The molecule has 5 nitrogen and oxygen atoms in total. The van der Waals surface area contributed by atoms with E-state index < -0.39 is 11.7 Å². The molecule has 0 aliphatic heterocycles. The van der Waals surface area contributed by atoms with Crippen LogP contribution in [0.1, 0.15) is 10.4 Å². The molecule has 1 N–H and O–H groups in total. The first-order valence-corrected chi connectivity index (χ1v) is 7.36. The van der Waals surface area contributed by atoms with E-state index in [9.17, 15) is 9.18 Å². The predicted octanol–water partition coefficient (Wildman–Crippen LogP) is 3.87. The average molecular weight is 384 g/mol. The Labute approximate surface area is 141 Å². The zero-order chi connectivity index (χ0) is 17.0. The van der Waals surface area contributed by atoms with Gasteiger partial charge in [0.1, 0.15) is 5.82 Å². The van der Waals surface area contributed by atoms with E-state index in [1.165, 1.54) is 39.5 Å². The molecule has 122 valence electrons. The average Bonchev–Trinajstić information content (AvgIpc) is 2.55. The maximum atomic E-state index is 13.9. The van der Waals surface area contributed by atoms with E-state index in [4.69, 9.17) is 14.2 Å². The van der Waals surface area contributed by atoms with Gasteiger partial charge in [-0.1, -0.05) is 15.9 Å². The summed E-state index contributed by atoms with van der Waals surface area (Å²) in [5.74, 6) is -0.146. The van der Waals surface area contributed by atoms with Crippen molar-refractivity contribution in [3.63, 3.8) is 0 Å². The molecule has 7 heteroatoms. The number of methoxy groups -OCH3 is 3. The summed E-state index contributed by atoms with van der Waals surface area (Å²) in [6.07, 6.45) is 0. The van der Waals surface area contributed by atoms with E-state index in [1.807, 2.05) is 0 Å². The molecule has 0 heterocycles. The number of benzene rings is 2. The summed E-state index contributed by atoms with van der Waals surface area (Å²) in [7, 11) is 4.33. The molecule has 0 saturated heterocycles. The summed E-state index contributed by atoms with van der Waals surface area (Å²) in [6.45, 7) is 0. The molecule has 0 fully saturated rings. The van der Waals surface area contributed by atoms with Crippen molar-refractivity contribution < 1.29 is 23.4 Å². The summed E-state index contributed by atoms with van der Waals surface area (Å²) in [5, 5.41) is 2.51. The monoisotopic (exact) mass is 383 g/mol. The Hall–Kier alpha value is -2.28. The smallest absolute Gasteiger partial charge is 0.259 e. The summed E-state index contributed by atoms with van der Waals surface area (Å²) in [6, 6.07) is 7.46. The van der Waals surface area contributed by atoms with Crippen LogP contribution in [0, 0.1) is 5.82 Å². The molecule has 0 aromatic heterocycles. The summed E-state index contributed by atoms with van der Waals surface area (Å²) < 4.78 is 30.1. The van der Waals surface area contributed by atoms with Crippen LogP contribution in [0.15, 0.2) is 34.8 Å². The molecule has 1 amide bonds. The van der Waals surface area contributed by atoms with Crippen LogP contribution in [0.5, 0.6) is 17.2 Å². The SMILES string of the molecule is COc1ccc(C(=O)Nc2ccc(Br)cc2F)c(OC)c1OC. The van der Waals surface area contributed by atoms with Gasteiger partial charge in [-0.3, -0.25) is 4.79 Å². The Morgan fingerprint density at radius 1 is 1.04 bits per heavy atom. The van der Waals surface area contributed by atoms with Gasteiger partial charge in [0.15, 0.2) is 11.5 Å². The van der Waals surface area contributed by atoms with Crippen molar-refractivity contribution in [3.05, 3.63) is 46.2 Å². The van der Waals surface area contributed by atoms with E-state index in [0.717, 1.165) is 0 Å². The van der Waals surface area contributed by atoms with Gasteiger partial charge in [0.25, 0.3) is 5.91 Å². The maximum Gasteiger partial charge on any atom is 0.259 e. The standard InChI is InChI=1S/C16H15BrFNO4/c1-21-13-7-5-10(14(22-2)15(13)23-3)16(20)19-12-6-4-9(17)8-11(12)18/h4-8H,1-3H3,(H,19,20). The van der Waals surface area contributed by atoms with Crippen LogP contribution >= 0.6 is 15.9 Å². The number of hydrogen-bond acceptors (Lipinski definition) is 4. The molecular formula is C16H15BrFNO4. The number of hydrogen-bond donors (Lipinski definition) is 1. The van der Waals surface area contributed by atoms with Crippen molar-refractivity contribution in [1.82, 2.24) is 0 Å². The molecule has 0 radical (unpaired) electrons. The summed E-state index contributed by atoms with van der Waals surface area (Å²) in [4.78, 5) is 12.4. The van der Waals surface area contributed by atoms with Crippen molar-refractivity contribution >= 4 is 27.5 Å². The van der Waals surface area contributed by atoms with Crippen LogP contribution in [-0.4, -0.2) is 27.2 Å². The Kier molecular flexibility index (Phi) is 5.44. The molecule has 0 bridgehead atoms. The van der Waals surface area contributed by atoms with Gasteiger partial charge in [0, 0.05) is 4.47 Å². The fourth-order valence-corrected chi connectivity index (χ4v) is 2.39. The predicted molar refractivity (Wildman–Crippen MR) is 88.2 cm³/mol. The molecular weight excluding hydrogens is 369 g/mol. The lowest BCUT2D eigenvalue weighted by Crippen LogP contribution is -2.15. The van der Waals surface area contributed by atoms with Crippen molar-refractivity contribution in [2.45, 2.75) is 0 Å². The highest BCUT2D eigenvalue weighted by molar-refractivity contribution is 9.10. The largest absolute Gasteiger partial charge is 0.493 e. The van der Waals surface area contributed by atoms with E-state index in [1.54, 1.807) is 12.1 Å². The molecule has 23 heavy (non-hydrogen) atoms. The Balaban J connectivity index is 2.39. The Morgan fingerprint density at radius 2 is 1.74 bits per heavy atom. The third-order valence-electron chi connectivity index (χ3n) is 3.13. The molecule has 0 aliphatic carbocycles. The normalized spacial score (nSPS) is 10.1. The van der Waals surface area contributed by atoms with Crippen molar-refractivity contribution in [1.29, 1.82) is 0 Å². The van der Waals surface area contributed by atoms with Crippen LogP contribution in [0.4, 0.5) is 10.1 Å². The second-order valence-corrected chi connectivity index (χ2v) is 5.38. The lowest BCUT2D eigenvalue weighted by Gasteiger charge is -2.15. The molecule has 0 spiro atoms. The quantitative estimate of drug-likeness (QED) is 0.851. The number of halogens is 2. The minimum atomic E-state index is -0.549. The fourth-order valence-electron chi connectivity index (χ4n) is 2.06. The lowest BCUT2D eigenvalue weighted by atomic mass is 10.1. The third kappa shape index (κ3) is 3.56. The molecule has 0 aliphatic rings. The first-order valence-electron chi connectivity index (χ1n) is 6.57. The third-order valence-corrected chi connectivity index (χ3v) is 3.62. The van der Waals surface area contributed by atoms with Gasteiger partial charge in [-0.05, 0) is 30.3 Å². The van der Waals surface area contributed by atoms with Crippen LogP contribution in [-0.2, 0) is 0 Å². The van der Waals surface area contributed by atoms with E-state index >= 15 is 0 Å². The first-order chi connectivity index (χ1) is 11.0. The van der Waals surface area contributed by atoms with E-state index in [0.29, 0.717) is 16.0 Å². The Morgan fingerprint density at radius 3 is 2.30 bits per heavy atom. The zero-order valence-electron chi connectivity index (χ0n) is 12.8. The Bertz CT molecular complexity index is 736. The maximum absolute atomic E-state index is 13.9. The van der Waals surface area contributed by atoms with Gasteiger partial charge in [0.2, 0.25) is 5.75 Å². The zero-order valence-corrected chi connectivity index (χ0v) is 14.4. The van der Waals surface area contributed by atoms with Gasteiger partial charge >= 0.3 is 0 Å². The van der Waals surface area contributed by atoms with E-state index in [2.05, 4.69) is 21.2 Å². The highest BCUT2D eigenvalue weighted by Crippen LogP contribution is 2.40. The second kappa shape index (κ2) is 7.32. The topological polar surface area (TPSA) is 56.8 Å². The highest BCUT2D eigenvalue weighted by Gasteiger charge is 2.21. The molecule has 2 rings (SSSR count). The van der Waals surface area contributed by atoms with E-state index in [-0.39, 0.29) is 17.0 Å². The number of ether oxygens (including phenoxy) is 3. The first kappa shape index (κ1) is 17.1.